The smallest absolute Gasteiger partial charge is 0.363 e. The van der Waals surface area contributed by atoms with Crippen LogP contribution < -0.4 is 0 Å². The lowest BCUT2D eigenvalue weighted by atomic mass is 10.1. The second-order valence-electron chi connectivity index (χ2n) is 3.30. The number of unbranched alkanes of at least 4 members (excludes halogenated alkanes) is 1. The average Bonchev–Trinajstić information content (AvgIpc) is 2.14. The zero-order valence-corrected chi connectivity index (χ0v) is 8.09. The average molecular weight is 205 g/mol. The first-order chi connectivity index (χ1) is 6.55. The van der Waals surface area contributed by atoms with Gasteiger partial charge in [0.15, 0.2) is 0 Å². The molecule has 0 fully saturated rings. The molecule has 0 aromatic rings. The molecule has 0 radical (unpaired) electrons. The van der Waals surface area contributed by atoms with E-state index in [4.69, 9.17) is 0 Å². The second kappa shape index (κ2) is 4.53. The SMILES string of the molecule is CCCCN1C=CC=CC1C(F)(F)F. The standard InChI is InChI=1S/C10H14F3N/c1-2-3-7-14-8-5-4-6-9(14)10(11,12)13/h4-6,8-9H,2-3,7H2,1H3. The highest BCUT2D eigenvalue weighted by molar-refractivity contribution is 5.15. The summed E-state index contributed by atoms with van der Waals surface area (Å²) in [6.45, 7) is 2.42. The monoisotopic (exact) mass is 205 g/mol. The highest BCUT2D eigenvalue weighted by atomic mass is 19.4. The maximum atomic E-state index is 12.5. The van der Waals surface area contributed by atoms with Gasteiger partial charge in [0.25, 0.3) is 0 Å². The van der Waals surface area contributed by atoms with E-state index < -0.39 is 12.2 Å². The third-order valence-electron chi connectivity index (χ3n) is 2.14. The number of halogens is 3. The van der Waals surface area contributed by atoms with Crippen molar-refractivity contribution in [3.63, 3.8) is 0 Å². The maximum absolute atomic E-state index is 12.5. The van der Waals surface area contributed by atoms with Crippen LogP contribution in [0.4, 0.5) is 13.2 Å². The summed E-state index contributed by atoms with van der Waals surface area (Å²) in [6, 6.07) is -1.45. The number of hydrogen-bond donors (Lipinski definition) is 0. The summed E-state index contributed by atoms with van der Waals surface area (Å²) in [6.07, 6.45) is 3.29. The summed E-state index contributed by atoms with van der Waals surface area (Å²) >= 11 is 0. The Morgan fingerprint density at radius 1 is 1.29 bits per heavy atom. The van der Waals surface area contributed by atoms with Gasteiger partial charge >= 0.3 is 6.18 Å². The predicted octanol–water partition coefficient (Wildman–Crippen LogP) is 3.10. The number of hydrogen-bond acceptors (Lipinski definition) is 1. The van der Waals surface area contributed by atoms with Crippen molar-refractivity contribution < 1.29 is 13.2 Å². The first-order valence-corrected chi connectivity index (χ1v) is 4.73. The van der Waals surface area contributed by atoms with Gasteiger partial charge in [-0.25, -0.2) is 0 Å². The van der Waals surface area contributed by atoms with E-state index in [0.717, 1.165) is 12.8 Å². The van der Waals surface area contributed by atoms with Crippen LogP contribution in [0.1, 0.15) is 19.8 Å². The lowest BCUT2D eigenvalue weighted by molar-refractivity contribution is -0.164. The van der Waals surface area contributed by atoms with Gasteiger partial charge in [0.05, 0.1) is 0 Å². The van der Waals surface area contributed by atoms with Crippen LogP contribution in [0.2, 0.25) is 0 Å². The third kappa shape index (κ3) is 2.79. The Hall–Kier alpha value is -0.930. The molecule has 1 aliphatic rings. The van der Waals surface area contributed by atoms with Crippen molar-refractivity contribution in [3.8, 4) is 0 Å². The molecule has 0 saturated carbocycles. The molecule has 4 heteroatoms. The van der Waals surface area contributed by atoms with E-state index in [2.05, 4.69) is 0 Å². The fourth-order valence-corrected chi connectivity index (χ4v) is 1.38. The minimum absolute atomic E-state index is 0.460. The topological polar surface area (TPSA) is 3.24 Å². The minimum Gasteiger partial charge on any atom is -0.363 e. The summed E-state index contributed by atoms with van der Waals surface area (Å²) in [7, 11) is 0. The van der Waals surface area contributed by atoms with Crippen LogP contribution in [0.3, 0.4) is 0 Å². The van der Waals surface area contributed by atoms with Crippen molar-refractivity contribution >= 4 is 0 Å². The van der Waals surface area contributed by atoms with Crippen LogP contribution in [-0.4, -0.2) is 23.7 Å². The molecule has 0 aliphatic carbocycles. The molecule has 0 spiro atoms. The van der Waals surface area contributed by atoms with Gasteiger partial charge in [0.2, 0.25) is 0 Å². The molecule has 0 N–H and O–H groups in total. The minimum atomic E-state index is -4.17. The van der Waals surface area contributed by atoms with Gasteiger partial charge in [-0.1, -0.05) is 25.5 Å². The van der Waals surface area contributed by atoms with Crippen molar-refractivity contribution in [1.29, 1.82) is 0 Å². The summed E-state index contributed by atoms with van der Waals surface area (Å²) in [5.74, 6) is 0. The highest BCUT2D eigenvalue weighted by Crippen LogP contribution is 2.28. The lowest BCUT2D eigenvalue weighted by Gasteiger charge is -2.31. The molecular weight excluding hydrogens is 191 g/mol. The Balaban J connectivity index is 2.62. The molecule has 1 rings (SSSR count). The maximum Gasteiger partial charge on any atom is 0.412 e. The quantitative estimate of drug-likeness (QED) is 0.684. The number of rotatable bonds is 3. The van der Waals surface area contributed by atoms with Gasteiger partial charge in [-0.2, -0.15) is 13.2 Å². The predicted molar refractivity (Wildman–Crippen MR) is 49.7 cm³/mol. The van der Waals surface area contributed by atoms with Gasteiger partial charge in [-0.15, -0.1) is 0 Å². The van der Waals surface area contributed by atoms with E-state index in [1.807, 2.05) is 6.92 Å². The Morgan fingerprint density at radius 3 is 2.57 bits per heavy atom. The molecule has 1 unspecified atom stereocenters. The zero-order chi connectivity index (χ0) is 10.6. The van der Waals surface area contributed by atoms with Gasteiger partial charge in [0, 0.05) is 6.54 Å². The lowest BCUT2D eigenvalue weighted by Crippen LogP contribution is -2.42. The molecule has 1 nitrogen and oxygen atoms in total. The van der Waals surface area contributed by atoms with Crippen molar-refractivity contribution in [2.75, 3.05) is 6.54 Å². The fourth-order valence-electron chi connectivity index (χ4n) is 1.38. The first kappa shape index (κ1) is 11.1. The zero-order valence-electron chi connectivity index (χ0n) is 8.09. The largest absolute Gasteiger partial charge is 0.412 e. The summed E-state index contributed by atoms with van der Waals surface area (Å²) in [4.78, 5) is 1.34. The van der Waals surface area contributed by atoms with Gasteiger partial charge in [0.1, 0.15) is 6.04 Å². The summed E-state index contributed by atoms with van der Waals surface area (Å²) < 4.78 is 37.5. The van der Waals surface area contributed by atoms with Crippen LogP contribution in [0.15, 0.2) is 24.4 Å². The molecule has 14 heavy (non-hydrogen) atoms. The van der Waals surface area contributed by atoms with Crippen LogP contribution in [-0.2, 0) is 0 Å². The Kier molecular flexibility index (Phi) is 3.61. The summed E-state index contributed by atoms with van der Waals surface area (Å²) in [5.41, 5.74) is 0. The van der Waals surface area contributed by atoms with E-state index in [0.29, 0.717) is 6.54 Å². The van der Waals surface area contributed by atoms with Crippen molar-refractivity contribution in [2.45, 2.75) is 32.0 Å². The summed E-state index contributed by atoms with van der Waals surface area (Å²) in [5, 5.41) is 0. The molecule has 0 bridgehead atoms. The van der Waals surface area contributed by atoms with Crippen LogP contribution >= 0.6 is 0 Å². The van der Waals surface area contributed by atoms with E-state index in [-0.39, 0.29) is 0 Å². The second-order valence-corrected chi connectivity index (χ2v) is 3.30. The molecule has 0 amide bonds. The van der Waals surface area contributed by atoms with E-state index >= 15 is 0 Å². The van der Waals surface area contributed by atoms with Crippen molar-refractivity contribution in [2.24, 2.45) is 0 Å². The van der Waals surface area contributed by atoms with Crippen molar-refractivity contribution in [3.05, 3.63) is 24.4 Å². The van der Waals surface area contributed by atoms with E-state index in [1.165, 1.54) is 23.3 Å². The molecule has 0 aromatic carbocycles. The van der Waals surface area contributed by atoms with Crippen LogP contribution in [0.5, 0.6) is 0 Å². The van der Waals surface area contributed by atoms with Crippen molar-refractivity contribution in [1.82, 2.24) is 4.90 Å². The molecule has 0 aromatic heterocycles. The molecule has 80 valence electrons. The molecule has 1 heterocycles. The molecule has 0 saturated heterocycles. The fraction of sp³-hybridized carbons (Fsp3) is 0.600. The van der Waals surface area contributed by atoms with Gasteiger partial charge in [-0.3, -0.25) is 0 Å². The van der Waals surface area contributed by atoms with Crippen LogP contribution in [0.25, 0.3) is 0 Å². The molecule has 1 atom stereocenters. The van der Waals surface area contributed by atoms with Gasteiger partial charge in [-0.05, 0) is 18.7 Å². The highest BCUT2D eigenvalue weighted by Gasteiger charge is 2.41. The first-order valence-electron chi connectivity index (χ1n) is 4.73. The Bertz CT molecular complexity index is 230. The van der Waals surface area contributed by atoms with Gasteiger partial charge < -0.3 is 4.90 Å². The van der Waals surface area contributed by atoms with E-state index in [1.54, 1.807) is 6.08 Å². The number of alkyl halides is 3. The third-order valence-corrected chi connectivity index (χ3v) is 2.14. The Labute approximate surface area is 81.9 Å². The molecule has 1 aliphatic heterocycles. The van der Waals surface area contributed by atoms with Crippen LogP contribution in [0, 0.1) is 0 Å². The molecular formula is C10H14F3N. The Morgan fingerprint density at radius 2 is 2.00 bits per heavy atom. The number of allylic oxidation sites excluding steroid dienone is 2. The normalized spacial score (nSPS) is 21.7. The number of nitrogens with zero attached hydrogens (tertiary/aromatic N) is 1. The van der Waals surface area contributed by atoms with E-state index in [9.17, 15) is 13.2 Å².